The molecule has 0 heterocycles. The normalized spacial score (nSPS) is 14.6. The fourth-order valence-corrected chi connectivity index (χ4v) is 10.4. The molecule has 256 valence electrons. The van der Waals surface area contributed by atoms with Crippen LogP contribution in [0.15, 0.2) is 170 Å². The second-order valence-corrected chi connectivity index (χ2v) is 16.4. The second-order valence-electron chi connectivity index (χ2n) is 16.4. The Morgan fingerprint density at radius 3 is 1.41 bits per heavy atom. The van der Waals surface area contributed by atoms with Gasteiger partial charge in [0.25, 0.3) is 0 Å². The largest absolute Gasteiger partial charge is 0.0619 e. The van der Waals surface area contributed by atoms with Crippen LogP contribution in [0.1, 0.15) is 49.9 Å². The highest BCUT2D eigenvalue weighted by molar-refractivity contribution is 6.23. The van der Waals surface area contributed by atoms with Crippen LogP contribution >= 0.6 is 0 Å². The van der Waals surface area contributed by atoms with Gasteiger partial charge in [-0.3, -0.25) is 0 Å². The lowest BCUT2D eigenvalue weighted by molar-refractivity contribution is 0.652. The van der Waals surface area contributed by atoms with Gasteiger partial charge in [-0.15, -0.1) is 0 Å². The Labute approximate surface area is 317 Å². The third-order valence-electron chi connectivity index (χ3n) is 12.8. The Hall–Kier alpha value is -6.24. The molecule has 0 atom stereocenters. The molecule has 0 unspecified atom stereocenters. The van der Waals surface area contributed by atoms with Crippen LogP contribution < -0.4 is 0 Å². The van der Waals surface area contributed by atoms with Crippen molar-refractivity contribution in [3.05, 3.63) is 192 Å². The summed E-state index contributed by atoms with van der Waals surface area (Å²) in [6.45, 7) is 9.65. The zero-order valence-corrected chi connectivity index (χ0v) is 31.2. The average Bonchev–Trinajstić information content (AvgIpc) is 3.59. The monoisotopic (exact) mass is 688 g/mol. The summed E-state index contributed by atoms with van der Waals surface area (Å²) in [4.78, 5) is 0. The lowest BCUT2D eigenvalue weighted by Crippen LogP contribution is -2.18. The molecule has 0 amide bonds. The highest BCUT2D eigenvalue weighted by atomic mass is 14.5. The van der Waals surface area contributed by atoms with Gasteiger partial charge in [0.05, 0.1) is 0 Å². The summed E-state index contributed by atoms with van der Waals surface area (Å²) >= 11 is 0. The average molecular weight is 689 g/mol. The van der Waals surface area contributed by atoms with E-state index in [0.29, 0.717) is 0 Å². The molecule has 0 heteroatoms. The highest BCUT2D eigenvalue weighted by Gasteiger charge is 2.45. The van der Waals surface area contributed by atoms with E-state index < -0.39 is 0 Å². The summed E-state index contributed by atoms with van der Waals surface area (Å²) in [5.41, 5.74) is 18.8. The van der Waals surface area contributed by atoms with Crippen molar-refractivity contribution in [1.29, 1.82) is 0 Å². The van der Waals surface area contributed by atoms with Gasteiger partial charge in [0.15, 0.2) is 0 Å². The summed E-state index contributed by atoms with van der Waals surface area (Å²) in [6, 6.07) is 63.7. The molecule has 11 rings (SSSR count). The molecule has 0 aromatic heterocycles. The molecule has 0 spiro atoms. The molecular formula is C54H40. The van der Waals surface area contributed by atoms with Gasteiger partial charge in [-0.1, -0.05) is 191 Å². The van der Waals surface area contributed by atoms with Gasteiger partial charge >= 0.3 is 0 Å². The van der Waals surface area contributed by atoms with Crippen molar-refractivity contribution >= 4 is 32.3 Å². The van der Waals surface area contributed by atoms with Gasteiger partial charge < -0.3 is 0 Å². The Morgan fingerprint density at radius 2 is 0.759 bits per heavy atom. The third kappa shape index (κ3) is 4.14. The van der Waals surface area contributed by atoms with Crippen molar-refractivity contribution in [1.82, 2.24) is 0 Å². The van der Waals surface area contributed by atoms with E-state index in [4.69, 9.17) is 0 Å². The summed E-state index contributed by atoms with van der Waals surface area (Å²) in [7, 11) is 0. The summed E-state index contributed by atoms with van der Waals surface area (Å²) in [6.07, 6.45) is 0. The Bertz CT molecular complexity index is 2960. The maximum absolute atomic E-state index is 2.54. The summed E-state index contributed by atoms with van der Waals surface area (Å²) in [5, 5.41) is 7.67. The van der Waals surface area contributed by atoms with Crippen molar-refractivity contribution in [2.75, 3.05) is 0 Å². The van der Waals surface area contributed by atoms with Crippen LogP contribution in [0, 0.1) is 0 Å². The zero-order chi connectivity index (χ0) is 36.3. The van der Waals surface area contributed by atoms with Gasteiger partial charge in [-0.05, 0) is 116 Å². The molecular weight excluding hydrogens is 649 g/mol. The van der Waals surface area contributed by atoms with Crippen LogP contribution in [0.5, 0.6) is 0 Å². The van der Waals surface area contributed by atoms with E-state index in [1.807, 2.05) is 0 Å². The third-order valence-corrected chi connectivity index (χ3v) is 12.8. The first-order valence-corrected chi connectivity index (χ1v) is 19.3. The maximum atomic E-state index is 2.54. The molecule has 0 fully saturated rings. The molecule has 54 heavy (non-hydrogen) atoms. The van der Waals surface area contributed by atoms with E-state index in [-0.39, 0.29) is 10.8 Å². The van der Waals surface area contributed by atoms with E-state index in [1.165, 1.54) is 110 Å². The van der Waals surface area contributed by atoms with Crippen molar-refractivity contribution < 1.29 is 0 Å². The Morgan fingerprint density at radius 1 is 0.296 bits per heavy atom. The number of benzene rings is 9. The number of hydrogen-bond donors (Lipinski definition) is 0. The maximum Gasteiger partial charge on any atom is 0.0165 e. The predicted molar refractivity (Wildman–Crippen MR) is 230 cm³/mol. The molecule has 0 nitrogen and oxygen atoms in total. The molecule has 0 bridgehead atoms. The smallest absolute Gasteiger partial charge is 0.0165 e. The van der Waals surface area contributed by atoms with Crippen LogP contribution in [0.25, 0.3) is 88.0 Å². The van der Waals surface area contributed by atoms with Gasteiger partial charge in [-0.25, -0.2) is 0 Å². The molecule has 2 aliphatic rings. The van der Waals surface area contributed by atoms with Crippen LogP contribution in [0.4, 0.5) is 0 Å². The van der Waals surface area contributed by atoms with Crippen LogP contribution in [0.3, 0.4) is 0 Å². The number of hydrogen-bond acceptors (Lipinski definition) is 0. The SMILES string of the molecule is CC1(C)c2ccccc2-c2c1cc(-c1ccc(-c3c4ccccc4c(-c4cccc5ccccc45)c4ccccc34)cc1)c1c2-c2ccccc2C1(C)C. The van der Waals surface area contributed by atoms with E-state index in [0.717, 1.165) is 0 Å². The first-order valence-electron chi connectivity index (χ1n) is 19.3. The predicted octanol–water partition coefficient (Wildman–Crippen LogP) is 14.8. The summed E-state index contributed by atoms with van der Waals surface area (Å²) in [5.74, 6) is 0. The molecule has 0 saturated carbocycles. The van der Waals surface area contributed by atoms with Crippen molar-refractivity contribution in [2.45, 2.75) is 38.5 Å². The topological polar surface area (TPSA) is 0 Å². The zero-order valence-electron chi connectivity index (χ0n) is 31.2. The van der Waals surface area contributed by atoms with E-state index in [2.05, 4.69) is 198 Å². The lowest BCUT2D eigenvalue weighted by Gasteiger charge is -2.28. The highest BCUT2D eigenvalue weighted by Crippen LogP contribution is 2.61. The van der Waals surface area contributed by atoms with Crippen LogP contribution in [0.2, 0.25) is 0 Å². The van der Waals surface area contributed by atoms with Crippen molar-refractivity contribution in [3.63, 3.8) is 0 Å². The fraction of sp³-hybridized carbons (Fsp3) is 0.111. The Kier molecular flexibility index (Phi) is 6.46. The lowest BCUT2D eigenvalue weighted by atomic mass is 9.75. The molecule has 0 N–H and O–H groups in total. The fourth-order valence-electron chi connectivity index (χ4n) is 10.4. The van der Waals surface area contributed by atoms with Gasteiger partial charge in [0.2, 0.25) is 0 Å². The first-order chi connectivity index (χ1) is 26.3. The minimum Gasteiger partial charge on any atom is -0.0619 e. The number of fused-ring (bicyclic) bond motifs is 10. The van der Waals surface area contributed by atoms with Crippen molar-refractivity contribution in [2.24, 2.45) is 0 Å². The quantitative estimate of drug-likeness (QED) is 0.162. The van der Waals surface area contributed by atoms with E-state index in [9.17, 15) is 0 Å². The molecule has 9 aromatic rings. The minimum absolute atomic E-state index is 0.0963. The van der Waals surface area contributed by atoms with Gasteiger partial charge in [0, 0.05) is 10.8 Å². The van der Waals surface area contributed by atoms with Crippen LogP contribution in [-0.2, 0) is 10.8 Å². The molecule has 0 saturated heterocycles. The van der Waals surface area contributed by atoms with E-state index >= 15 is 0 Å². The Balaban J connectivity index is 1.14. The standard InChI is InChI=1S/C54H40/c1-53(2)45-26-13-11-23-42(45)50-47(53)32-44(52-51(50)43-24-12-14-27-46(43)54(52,3)4)34-28-30-35(31-29-34)48-38-19-7-9-21-40(38)49(41-22-10-8-20-39(41)48)37-25-15-17-33-16-5-6-18-36(33)37/h5-32H,1-4H3. The minimum atomic E-state index is -0.138. The van der Waals surface area contributed by atoms with Crippen LogP contribution in [-0.4, -0.2) is 0 Å². The van der Waals surface area contributed by atoms with Gasteiger partial charge in [-0.2, -0.15) is 0 Å². The molecule has 0 radical (unpaired) electrons. The molecule has 2 aliphatic carbocycles. The number of rotatable bonds is 3. The molecule has 9 aromatic carbocycles. The first kappa shape index (κ1) is 31.3. The van der Waals surface area contributed by atoms with Crippen molar-refractivity contribution in [3.8, 4) is 55.6 Å². The van der Waals surface area contributed by atoms with Gasteiger partial charge in [0.1, 0.15) is 0 Å². The summed E-state index contributed by atoms with van der Waals surface area (Å²) < 4.78 is 0. The second kappa shape index (κ2) is 11.1. The molecule has 0 aliphatic heterocycles. The van der Waals surface area contributed by atoms with E-state index in [1.54, 1.807) is 0 Å².